The first-order valence-electron chi connectivity index (χ1n) is 7.64. The van der Waals surface area contributed by atoms with E-state index in [2.05, 4.69) is 10.1 Å². The summed E-state index contributed by atoms with van der Waals surface area (Å²) in [5, 5.41) is 7.93. The van der Waals surface area contributed by atoms with E-state index in [9.17, 15) is 4.79 Å². The lowest BCUT2D eigenvalue weighted by Gasteiger charge is -2.32. The number of carbonyl (C=O) groups is 1. The first kappa shape index (κ1) is 14.9. The third-order valence-electron chi connectivity index (χ3n) is 3.87. The van der Waals surface area contributed by atoms with Gasteiger partial charge in [0.2, 0.25) is 11.7 Å². The highest BCUT2D eigenvalue weighted by molar-refractivity contribution is 7.08. The molecule has 0 aliphatic carbocycles. The molecule has 0 bridgehead atoms. The van der Waals surface area contributed by atoms with Crippen LogP contribution in [0.2, 0.25) is 0 Å². The molecule has 1 atom stereocenters. The lowest BCUT2D eigenvalue weighted by atomic mass is 10.2. The van der Waals surface area contributed by atoms with Crippen LogP contribution >= 0.6 is 11.3 Å². The van der Waals surface area contributed by atoms with Crippen molar-refractivity contribution in [2.75, 3.05) is 11.4 Å². The van der Waals surface area contributed by atoms with Crippen molar-refractivity contribution in [2.45, 2.75) is 19.4 Å². The Balaban J connectivity index is 1.52. The molecular formula is C17H15N3O3S. The Morgan fingerprint density at radius 2 is 2.17 bits per heavy atom. The molecule has 0 unspecified atom stereocenters. The molecule has 0 saturated carbocycles. The highest BCUT2D eigenvalue weighted by Gasteiger charge is 2.31. The second kappa shape index (κ2) is 6.09. The summed E-state index contributed by atoms with van der Waals surface area (Å²) in [5.41, 5.74) is 1.72. The van der Waals surface area contributed by atoms with E-state index in [-0.39, 0.29) is 5.91 Å². The number of aromatic nitrogens is 2. The lowest BCUT2D eigenvalue weighted by molar-refractivity contribution is -0.125. The van der Waals surface area contributed by atoms with E-state index in [1.54, 1.807) is 23.2 Å². The largest absolute Gasteiger partial charge is 0.479 e. The van der Waals surface area contributed by atoms with Crippen LogP contribution in [0.25, 0.3) is 11.4 Å². The van der Waals surface area contributed by atoms with Gasteiger partial charge >= 0.3 is 0 Å². The number of thiophene rings is 1. The number of hydrogen-bond acceptors (Lipinski definition) is 6. The van der Waals surface area contributed by atoms with Gasteiger partial charge in [0.15, 0.2) is 6.10 Å². The molecule has 0 N–H and O–H groups in total. The zero-order chi connectivity index (χ0) is 16.5. The Labute approximate surface area is 142 Å². The number of amides is 1. The zero-order valence-corrected chi connectivity index (χ0v) is 13.8. The summed E-state index contributed by atoms with van der Waals surface area (Å²) in [6.07, 6.45) is -0.00633. The second-order valence-corrected chi connectivity index (χ2v) is 6.27. The van der Waals surface area contributed by atoms with Gasteiger partial charge in [-0.1, -0.05) is 17.3 Å². The van der Waals surface area contributed by atoms with Gasteiger partial charge < -0.3 is 14.2 Å². The minimum absolute atomic E-state index is 0.0636. The lowest BCUT2D eigenvalue weighted by Crippen LogP contribution is -2.45. The van der Waals surface area contributed by atoms with E-state index in [0.717, 1.165) is 11.3 Å². The van der Waals surface area contributed by atoms with E-state index in [1.165, 1.54) is 0 Å². The van der Waals surface area contributed by atoms with Crippen molar-refractivity contribution >= 4 is 22.9 Å². The minimum atomic E-state index is -0.496. The molecule has 0 fully saturated rings. The van der Waals surface area contributed by atoms with Crippen LogP contribution in [0.15, 0.2) is 45.6 Å². The molecule has 122 valence electrons. The standard InChI is InChI=1S/C17H15N3O3S/c1-11-17(21)20(13-4-2-3-5-14(13)22-11)8-6-15-18-16(19-23-15)12-7-9-24-10-12/h2-5,7,9-11H,6,8H2,1H3/t11-/m0/s1. The summed E-state index contributed by atoms with van der Waals surface area (Å²) in [7, 11) is 0. The number of benzene rings is 1. The molecule has 1 amide bonds. The Bertz CT molecular complexity index is 860. The predicted octanol–water partition coefficient (Wildman–Crippen LogP) is 3.15. The number of anilines is 1. The molecule has 0 spiro atoms. The molecule has 1 aliphatic rings. The van der Waals surface area contributed by atoms with E-state index < -0.39 is 6.10 Å². The van der Waals surface area contributed by atoms with E-state index in [0.29, 0.717) is 30.4 Å². The Kier molecular flexibility index (Phi) is 3.78. The van der Waals surface area contributed by atoms with E-state index in [1.807, 2.05) is 41.1 Å². The fourth-order valence-corrected chi connectivity index (χ4v) is 3.30. The molecule has 3 aromatic rings. The van der Waals surface area contributed by atoms with Gasteiger partial charge in [0.1, 0.15) is 5.75 Å². The number of hydrogen-bond donors (Lipinski definition) is 0. The quantitative estimate of drug-likeness (QED) is 0.729. The average Bonchev–Trinajstić information content (AvgIpc) is 3.26. The topological polar surface area (TPSA) is 68.5 Å². The Morgan fingerprint density at radius 1 is 1.29 bits per heavy atom. The first-order chi connectivity index (χ1) is 11.7. The molecular weight excluding hydrogens is 326 g/mol. The second-order valence-electron chi connectivity index (χ2n) is 5.49. The van der Waals surface area contributed by atoms with Gasteiger partial charge in [-0.05, 0) is 30.5 Å². The van der Waals surface area contributed by atoms with Crippen LogP contribution in [0.5, 0.6) is 5.75 Å². The Morgan fingerprint density at radius 3 is 3.00 bits per heavy atom. The van der Waals surface area contributed by atoms with Crippen molar-refractivity contribution in [3.8, 4) is 17.1 Å². The first-order valence-corrected chi connectivity index (χ1v) is 8.59. The van der Waals surface area contributed by atoms with Crippen LogP contribution in [0, 0.1) is 0 Å². The van der Waals surface area contributed by atoms with Gasteiger partial charge in [0, 0.05) is 23.9 Å². The van der Waals surface area contributed by atoms with Gasteiger partial charge in [-0.2, -0.15) is 16.3 Å². The third-order valence-corrected chi connectivity index (χ3v) is 4.55. The van der Waals surface area contributed by atoms with Crippen molar-refractivity contribution < 1.29 is 14.1 Å². The van der Waals surface area contributed by atoms with Crippen LogP contribution in [-0.2, 0) is 11.2 Å². The number of rotatable bonds is 4. The summed E-state index contributed by atoms with van der Waals surface area (Å²) in [4.78, 5) is 18.6. The van der Waals surface area contributed by atoms with Crippen molar-refractivity contribution in [3.63, 3.8) is 0 Å². The van der Waals surface area contributed by atoms with Gasteiger partial charge in [0.05, 0.1) is 5.69 Å². The molecule has 4 rings (SSSR count). The van der Waals surface area contributed by atoms with Crippen molar-refractivity contribution in [1.29, 1.82) is 0 Å². The maximum Gasteiger partial charge on any atom is 0.267 e. The van der Waals surface area contributed by atoms with Crippen molar-refractivity contribution in [3.05, 3.63) is 47.0 Å². The van der Waals surface area contributed by atoms with E-state index in [4.69, 9.17) is 9.26 Å². The minimum Gasteiger partial charge on any atom is -0.479 e. The smallest absolute Gasteiger partial charge is 0.267 e. The third kappa shape index (κ3) is 2.67. The average molecular weight is 341 g/mol. The monoisotopic (exact) mass is 341 g/mol. The number of ether oxygens (including phenoxy) is 1. The zero-order valence-electron chi connectivity index (χ0n) is 13.0. The molecule has 6 nitrogen and oxygen atoms in total. The maximum absolute atomic E-state index is 12.4. The number of nitrogens with zero attached hydrogens (tertiary/aromatic N) is 3. The van der Waals surface area contributed by atoms with Gasteiger partial charge in [-0.15, -0.1) is 0 Å². The van der Waals surface area contributed by atoms with Gasteiger partial charge in [-0.25, -0.2) is 0 Å². The molecule has 2 aromatic heterocycles. The molecule has 1 aromatic carbocycles. The van der Waals surface area contributed by atoms with Crippen LogP contribution in [0.1, 0.15) is 12.8 Å². The highest BCUT2D eigenvalue weighted by Crippen LogP contribution is 2.33. The number of para-hydroxylation sites is 2. The SMILES string of the molecule is C[C@@H]1Oc2ccccc2N(CCc2nc(-c3ccsc3)no2)C1=O. The molecule has 0 radical (unpaired) electrons. The van der Waals surface area contributed by atoms with Crippen LogP contribution in [-0.4, -0.2) is 28.7 Å². The summed E-state index contributed by atoms with van der Waals surface area (Å²) in [5.74, 6) is 1.74. The number of carbonyl (C=O) groups excluding carboxylic acids is 1. The molecule has 3 heterocycles. The summed E-state index contributed by atoms with van der Waals surface area (Å²) >= 11 is 1.58. The maximum atomic E-state index is 12.4. The fourth-order valence-electron chi connectivity index (χ4n) is 2.66. The van der Waals surface area contributed by atoms with E-state index >= 15 is 0 Å². The highest BCUT2D eigenvalue weighted by atomic mass is 32.1. The van der Waals surface area contributed by atoms with Gasteiger partial charge in [0.25, 0.3) is 5.91 Å². The molecule has 1 aliphatic heterocycles. The summed E-state index contributed by atoms with van der Waals surface area (Å²) in [6.45, 7) is 2.22. The Hall–Kier alpha value is -2.67. The summed E-state index contributed by atoms with van der Waals surface area (Å²) < 4.78 is 10.9. The summed E-state index contributed by atoms with van der Waals surface area (Å²) in [6, 6.07) is 9.48. The van der Waals surface area contributed by atoms with Crippen LogP contribution in [0.3, 0.4) is 0 Å². The van der Waals surface area contributed by atoms with Crippen LogP contribution in [0.4, 0.5) is 5.69 Å². The van der Waals surface area contributed by atoms with Crippen LogP contribution < -0.4 is 9.64 Å². The van der Waals surface area contributed by atoms with Crippen molar-refractivity contribution in [1.82, 2.24) is 10.1 Å². The molecule has 7 heteroatoms. The molecule has 0 saturated heterocycles. The molecule has 24 heavy (non-hydrogen) atoms. The fraction of sp³-hybridized carbons (Fsp3) is 0.235. The normalized spacial score (nSPS) is 16.8. The predicted molar refractivity (Wildman–Crippen MR) is 90.2 cm³/mol. The van der Waals surface area contributed by atoms with Gasteiger partial charge in [-0.3, -0.25) is 4.79 Å². The number of fused-ring (bicyclic) bond motifs is 1. The van der Waals surface area contributed by atoms with Crippen molar-refractivity contribution in [2.24, 2.45) is 0 Å².